The molecule has 0 atom stereocenters. The van der Waals surface area contributed by atoms with Crippen LogP contribution < -0.4 is 0 Å². The molecule has 0 aliphatic rings. The van der Waals surface area contributed by atoms with Crippen LogP contribution in [0.2, 0.25) is 0 Å². The number of rotatable bonds is 5. The van der Waals surface area contributed by atoms with Crippen molar-refractivity contribution < 1.29 is 9.18 Å². The number of carbonyl (C=O) groups excluding carboxylic acids is 1. The summed E-state index contributed by atoms with van der Waals surface area (Å²) >= 11 is 0. The van der Waals surface area contributed by atoms with Crippen molar-refractivity contribution in [1.29, 1.82) is 0 Å². The fraction of sp³-hybridized carbons (Fsp3) is 0.211. The molecule has 4 heteroatoms. The predicted octanol–water partition coefficient (Wildman–Crippen LogP) is 3.55. The molecular weight excluding hydrogens is 291 g/mol. The first kappa shape index (κ1) is 15.3. The van der Waals surface area contributed by atoms with E-state index in [1.807, 2.05) is 24.4 Å². The van der Waals surface area contributed by atoms with Crippen LogP contribution in [0.5, 0.6) is 0 Å². The topological polar surface area (TPSA) is 36.1 Å². The van der Waals surface area contributed by atoms with Crippen LogP contribution in [0.4, 0.5) is 4.39 Å². The van der Waals surface area contributed by atoms with Gasteiger partial charge in [0.15, 0.2) is 0 Å². The zero-order valence-electron chi connectivity index (χ0n) is 13.1. The highest BCUT2D eigenvalue weighted by molar-refractivity contribution is 5.83. The summed E-state index contributed by atoms with van der Waals surface area (Å²) in [5.41, 5.74) is 3.15. The van der Waals surface area contributed by atoms with E-state index in [9.17, 15) is 9.18 Å². The van der Waals surface area contributed by atoms with Crippen molar-refractivity contribution in [1.82, 2.24) is 9.88 Å². The highest BCUT2D eigenvalue weighted by Crippen LogP contribution is 2.18. The summed E-state index contributed by atoms with van der Waals surface area (Å²) in [5.74, 6) is -0.245. The van der Waals surface area contributed by atoms with Gasteiger partial charge in [0.05, 0.1) is 6.42 Å². The summed E-state index contributed by atoms with van der Waals surface area (Å²) in [6, 6.07) is 14.2. The Morgan fingerprint density at radius 1 is 1.13 bits per heavy atom. The number of halogens is 1. The molecule has 1 N–H and O–H groups in total. The van der Waals surface area contributed by atoms with E-state index in [4.69, 9.17) is 0 Å². The number of benzene rings is 2. The number of H-pyrrole nitrogens is 1. The maximum atomic E-state index is 12.9. The highest BCUT2D eigenvalue weighted by atomic mass is 19.1. The van der Waals surface area contributed by atoms with E-state index >= 15 is 0 Å². The van der Waals surface area contributed by atoms with E-state index in [0.29, 0.717) is 13.0 Å². The van der Waals surface area contributed by atoms with Gasteiger partial charge in [-0.1, -0.05) is 30.3 Å². The third kappa shape index (κ3) is 3.59. The Balaban J connectivity index is 1.59. The Morgan fingerprint density at radius 3 is 2.65 bits per heavy atom. The first-order chi connectivity index (χ1) is 11.1. The van der Waals surface area contributed by atoms with Gasteiger partial charge < -0.3 is 9.88 Å². The number of hydrogen-bond acceptors (Lipinski definition) is 1. The van der Waals surface area contributed by atoms with Gasteiger partial charge in [0.1, 0.15) is 5.82 Å². The molecule has 0 bridgehead atoms. The van der Waals surface area contributed by atoms with Gasteiger partial charge in [0.25, 0.3) is 0 Å². The number of amides is 1. The van der Waals surface area contributed by atoms with Gasteiger partial charge in [-0.05, 0) is 35.7 Å². The minimum absolute atomic E-state index is 0.0384. The first-order valence-corrected chi connectivity index (χ1v) is 7.67. The Labute approximate surface area is 134 Å². The summed E-state index contributed by atoms with van der Waals surface area (Å²) in [6.45, 7) is 0.655. The molecule has 0 radical (unpaired) electrons. The Hall–Kier alpha value is -2.62. The lowest BCUT2D eigenvalue weighted by molar-refractivity contribution is -0.129. The normalized spacial score (nSPS) is 10.9. The van der Waals surface area contributed by atoms with Gasteiger partial charge >= 0.3 is 0 Å². The molecule has 23 heavy (non-hydrogen) atoms. The maximum absolute atomic E-state index is 12.9. The third-order valence-corrected chi connectivity index (χ3v) is 4.09. The number of nitrogens with one attached hydrogen (secondary N) is 1. The van der Waals surface area contributed by atoms with Crippen LogP contribution in [-0.4, -0.2) is 29.4 Å². The van der Waals surface area contributed by atoms with Gasteiger partial charge in [-0.2, -0.15) is 0 Å². The molecule has 0 unspecified atom stereocenters. The molecule has 0 aliphatic carbocycles. The molecule has 3 rings (SSSR count). The van der Waals surface area contributed by atoms with E-state index in [1.165, 1.54) is 23.1 Å². The summed E-state index contributed by atoms with van der Waals surface area (Å²) < 4.78 is 12.9. The van der Waals surface area contributed by atoms with E-state index in [0.717, 1.165) is 17.5 Å². The minimum atomic E-state index is -0.283. The van der Waals surface area contributed by atoms with Crippen LogP contribution in [0.3, 0.4) is 0 Å². The molecule has 3 aromatic rings. The fourth-order valence-electron chi connectivity index (χ4n) is 2.66. The average Bonchev–Trinajstić information content (AvgIpc) is 2.98. The van der Waals surface area contributed by atoms with Crippen molar-refractivity contribution in [3.05, 3.63) is 71.7 Å². The summed E-state index contributed by atoms with van der Waals surface area (Å²) in [4.78, 5) is 17.2. The second kappa shape index (κ2) is 6.65. The number of carbonyl (C=O) groups is 1. The van der Waals surface area contributed by atoms with Gasteiger partial charge in [0, 0.05) is 30.7 Å². The minimum Gasteiger partial charge on any atom is -0.361 e. The van der Waals surface area contributed by atoms with Crippen LogP contribution in [0.1, 0.15) is 11.1 Å². The lowest BCUT2D eigenvalue weighted by Crippen LogP contribution is -2.30. The van der Waals surface area contributed by atoms with Gasteiger partial charge in [-0.3, -0.25) is 4.79 Å². The second-order valence-electron chi connectivity index (χ2n) is 5.73. The number of aromatic amines is 1. The molecule has 118 valence electrons. The standard InChI is InChI=1S/C19H19FN2O/c1-22(19(23)12-14-6-8-16(20)9-7-14)11-10-15-13-21-18-5-3-2-4-17(15)18/h2-9,13,21H,10-12H2,1H3. The van der Waals surface area contributed by atoms with Crippen molar-refractivity contribution >= 4 is 16.8 Å². The van der Waals surface area contributed by atoms with Crippen molar-refractivity contribution in [3.63, 3.8) is 0 Å². The van der Waals surface area contributed by atoms with Crippen molar-refractivity contribution in [2.45, 2.75) is 12.8 Å². The van der Waals surface area contributed by atoms with Crippen molar-refractivity contribution in [2.75, 3.05) is 13.6 Å². The molecule has 2 aromatic carbocycles. The van der Waals surface area contributed by atoms with Crippen LogP contribution in [0.25, 0.3) is 10.9 Å². The monoisotopic (exact) mass is 310 g/mol. The largest absolute Gasteiger partial charge is 0.361 e. The fourth-order valence-corrected chi connectivity index (χ4v) is 2.66. The Morgan fingerprint density at radius 2 is 1.87 bits per heavy atom. The first-order valence-electron chi connectivity index (χ1n) is 7.67. The van der Waals surface area contributed by atoms with Crippen molar-refractivity contribution in [2.24, 2.45) is 0 Å². The zero-order chi connectivity index (χ0) is 16.2. The van der Waals surface area contributed by atoms with E-state index in [2.05, 4.69) is 11.1 Å². The lowest BCUT2D eigenvalue weighted by atomic mass is 10.1. The smallest absolute Gasteiger partial charge is 0.226 e. The van der Waals surface area contributed by atoms with E-state index in [1.54, 1.807) is 24.1 Å². The molecule has 0 spiro atoms. The van der Waals surface area contributed by atoms with E-state index < -0.39 is 0 Å². The number of hydrogen-bond donors (Lipinski definition) is 1. The van der Waals surface area contributed by atoms with E-state index in [-0.39, 0.29) is 11.7 Å². The molecule has 0 fully saturated rings. The molecule has 0 saturated carbocycles. The molecule has 1 heterocycles. The summed E-state index contributed by atoms with van der Waals surface area (Å²) in [6.07, 6.45) is 3.10. The van der Waals surface area contributed by atoms with Crippen LogP contribution in [0, 0.1) is 5.82 Å². The van der Waals surface area contributed by atoms with Crippen LogP contribution in [0.15, 0.2) is 54.7 Å². The summed E-state index contributed by atoms with van der Waals surface area (Å²) in [5, 5.41) is 1.20. The van der Waals surface area contributed by atoms with Crippen molar-refractivity contribution in [3.8, 4) is 0 Å². The van der Waals surface area contributed by atoms with Gasteiger partial charge in [-0.25, -0.2) is 4.39 Å². The number of fused-ring (bicyclic) bond motifs is 1. The number of para-hydroxylation sites is 1. The predicted molar refractivity (Wildman–Crippen MR) is 89.7 cm³/mol. The molecule has 1 aromatic heterocycles. The van der Waals surface area contributed by atoms with Gasteiger partial charge in [0.2, 0.25) is 5.91 Å². The Bertz CT molecular complexity index is 808. The molecule has 0 saturated heterocycles. The second-order valence-corrected chi connectivity index (χ2v) is 5.73. The molecule has 3 nitrogen and oxygen atoms in total. The van der Waals surface area contributed by atoms with Crippen LogP contribution in [-0.2, 0) is 17.6 Å². The van der Waals surface area contributed by atoms with Crippen LogP contribution >= 0.6 is 0 Å². The zero-order valence-corrected chi connectivity index (χ0v) is 13.1. The average molecular weight is 310 g/mol. The van der Waals surface area contributed by atoms with Gasteiger partial charge in [-0.15, -0.1) is 0 Å². The highest BCUT2D eigenvalue weighted by Gasteiger charge is 2.11. The summed E-state index contributed by atoms with van der Waals surface area (Å²) in [7, 11) is 1.81. The quantitative estimate of drug-likeness (QED) is 0.768. The Kier molecular flexibility index (Phi) is 4.42. The lowest BCUT2D eigenvalue weighted by Gasteiger charge is -2.17. The maximum Gasteiger partial charge on any atom is 0.226 e. The third-order valence-electron chi connectivity index (χ3n) is 4.09. The molecular formula is C19H19FN2O. The molecule has 0 aliphatic heterocycles. The molecule has 1 amide bonds. The number of nitrogens with zero attached hydrogens (tertiary/aromatic N) is 1. The number of aromatic nitrogens is 1. The SMILES string of the molecule is CN(CCc1c[nH]c2ccccc12)C(=O)Cc1ccc(F)cc1. The number of likely N-dealkylation sites (N-methyl/N-ethyl adjacent to an activating group) is 1.